The molecule has 5 heteroatoms. The van der Waals surface area contributed by atoms with Crippen LogP contribution in [0.15, 0.2) is 0 Å². The molecule has 2 N–H and O–H groups in total. The molecule has 0 aromatic heterocycles. The normalized spacial score (nSPS) is 14.7. The van der Waals surface area contributed by atoms with Crippen molar-refractivity contribution in [2.24, 2.45) is 0 Å². The molecule has 3 nitrogen and oxygen atoms in total. The van der Waals surface area contributed by atoms with E-state index in [1.165, 1.54) is 122 Å². The molecule has 2 unspecified atom stereocenters. The highest BCUT2D eigenvalue weighted by Gasteiger charge is 2.19. The first-order valence-corrected chi connectivity index (χ1v) is 16.2. The third-order valence-corrected chi connectivity index (χ3v) is 7.11. The fraction of sp³-hybridized carbons (Fsp3) is 1.00. The minimum atomic E-state index is -0.282. The van der Waals surface area contributed by atoms with Gasteiger partial charge in [-0.25, -0.2) is 0 Å². The molecule has 1 rings (SSSR count). The number of aliphatic hydroxyl groups is 2. The average Bonchev–Trinajstić information content (AvgIpc) is 3.72. The molecule has 0 aromatic rings. The standard InChI is InChI=1S/C15H31ClO.C12H26O.C3H5ClO.CH4/c1-2-3-4-5-6-7-8-9-10-11-12-13-15(17)14-16;1-2-3-4-5-6-7-8-9-10-11-12-13;4-1-3-2-5-3;/h15,17H,2-14H2,1H3;13H,2-12H2,1H3;3H,1-2H2;1H4. The summed E-state index contributed by atoms with van der Waals surface area (Å²) in [4.78, 5) is 0. The van der Waals surface area contributed by atoms with Gasteiger partial charge >= 0.3 is 0 Å². The van der Waals surface area contributed by atoms with Gasteiger partial charge in [0.05, 0.1) is 24.7 Å². The number of rotatable bonds is 24. The van der Waals surface area contributed by atoms with Gasteiger partial charge in [-0.1, -0.05) is 150 Å². The second-order valence-electron chi connectivity index (χ2n) is 10.1. The first-order valence-electron chi connectivity index (χ1n) is 15.2. The highest BCUT2D eigenvalue weighted by atomic mass is 35.5. The molecule has 1 aliphatic heterocycles. The van der Waals surface area contributed by atoms with Crippen molar-refractivity contribution in [3.05, 3.63) is 0 Å². The molecule has 1 saturated heterocycles. The minimum Gasteiger partial charge on any atom is -0.396 e. The molecule has 0 amide bonds. The Bertz CT molecular complexity index is 345. The lowest BCUT2D eigenvalue weighted by atomic mass is 10.0. The van der Waals surface area contributed by atoms with E-state index in [-0.39, 0.29) is 13.5 Å². The third kappa shape index (κ3) is 41.6. The van der Waals surface area contributed by atoms with E-state index in [1.54, 1.807) is 0 Å². The summed E-state index contributed by atoms with van der Waals surface area (Å²) in [6.07, 6.45) is 29.2. The Labute approximate surface area is 237 Å². The molecule has 1 aliphatic rings. The lowest BCUT2D eigenvalue weighted by Crippen LogP contribution is -2.07. The van der Waals surface area contributed by atoms with E-state index in [4.69, 9.17) is 33.0 Å². The summed E-state index contributed by atoms with van der Waals surface area (Å²) in [5, 5.41) is 17.8. The maximum absolute atomic E-state index is 9.27. The van der Waals surface area contributed by atoms with Crippen molar-refractivity contribution in [3.8, 4) is 0 Å². The Morgan fingerprint density at radius 3 is 1.22 bits per heavy atom. The van der Waals surface area contributed by atoms with Crippen LogP contribution in [-0.4, -0.2) is 47.4 Å². The van der Waals surface area contributed by atoms with E-state index >= 15 is 0 Å². The first kappa shape index (κ1) is 40.9. The van der Waals surface area contributed by atoms with Crippen LogP contribution in [0.25, 0.3) is 0 Å². The number of halogens is 2. The van der Waals surface area contributed by atoms with Gasteiger partial charge in [0.2, 0.25) is 0 Å². The minimum absolute atomic E-state index is 0. The number of hydrogen-bond acceptors (Lipinski definition) is 3. The number of aliphatic hydroxyl groups excluding tert-OH is 2. The number of ether oxygens (including phenoxy) is 1. The molecule has 0 aliphatic carbocycles. The summed E-state index contributed by atoms with van der Waals surface area (Å²) in [5.74, 6) is 1.05. The van der Waals surface area contributed by atoms with E-state index in [9.17, 15) is 5.11 Å². The summed E-state index contributed by atoms with van der Waals surface area (Å²) in [5.41, 5.74) is 0. The van der Waals surface area contributed by atoms with Crippen molar-refractivity contribution in [3.63, 3.8) is 0 Å². The number of epoxide rings is 1. The van der Waals surface area contributed by atoms with Crippen LogP contribution in [0, 0.1) is 0 Å². The van der Waals surface area contributed by atoms with E-state index in [0.29, 0.717) is 24.5 Å². The quantitative estimate of drug-likeness (QED) is 0.0705. The molecular formula is C31H66Cl2O3. The first-order chi connectivity index (χ1) is 17.2. The molecule has 36 heavy (non-hydrogen) atoms. The van der Waals surface area contributed by atoms with Gasteiger partial charge in [-0.15, -0.1) is 23.2 Å². The topological polar surface area (TPSA) is 53.0 Å². The SMILES string of the molecule is C.CCCCCCCCCCCCCC(O)CCl.CCCCCCCCCCCCO.ClCC1CO1. The maximum Gasteiger partial charge on any atom is 0.0944 e. The Hall–Kier alpha value is 0.460. The molecule has 0 radical (unpaired) electrons. The molecule has 0 saturated carbocycles. The maximum atomic E-state index is 9.27. The van der Waals surface area contributed by atoms with E-state index < -0.39 is 0 Å². The highest BCUT2D eigenvalue weighted by Crippen LogP contribution is 2.13. The smallest absolute Gasteiger partial charge is 0.0944 e. The van der Waals surface area contributed by atoms with Crippen LogP contribution in [0.5, 0.6) is 0 Å². The van der Waals surface area contributed by atoms with Gasteiger partial charge in [0.15, 0.2) is 0 Å². The van der Waals surface area contributed by atoms with Crippen molar-refractivity contribution in [1.29, 1.82) is 0 Å². The van der Waals surface area contributed by atoms with E-state index in [0.717, 1.165) is 25.9 Å². The van der Waals surface area contributed by atoms with Gasteiger partial charge in [-0.3, -0.25) is 0 Å². The van der Waals surface area contributed by atoms with Crippen LogP contribution in [0.2, 0.25) is 0 Å². The molecule has 222 valence electrons. The monoisotopic (exact) mass is 556 g/mol. The van der Waals surface area contributed by atoms with Gasteiger partial charge in [-0.05, 0) is 12.8 Å². The predicted molar refractivity (Wildman–Crippen MR) is 164 cm³/mol. The third-order valence-electron chi connectivity index (χ3n) is 6.41. The molecule has 1 heterocycles. The summed E-state index contributed by atoms with van der Waals surface area (Å²) in [7, 11) is 0. The van der Waals surface area contributed by atoms with Crippen LogP contribution >= 0.6 is 23.2 Å². The summed E-state index contributed by atoms with van der Waals surface area (Å²) in [6, 6.07) is 0. The Balaban J connectivity index is -0.000000503. The van der Waals surface area contributed by atoms with Crippen molar-refractivity contribution in [2.75, 3.05) is 25.0 Å². The zero-order valence-corrected chi connectivity index (χ0v) is 25.1. The number of hydrogen-bond donors (Lipinski definition) is 2. The van der Waals surface area contributed by atoms with Crippen LogP contribution in [0.3, 0.4) is 0 Å². The average molecular weight is 558 g/mol. The van der Waals surface area contributed by atoms with E-state index in [2.05, 4.69) is 13.8 Å². The van der Waals surface area contributed by atoms with Gasteiger partial charge in [0, 0.05) is 12.5 Å². The van der Waals surface area contributed by atoms with Gasteiger partial charge < -0.3 is 14.9 Å². The lowest BCUT2D eigenvalue weighted by Gasteiger charge is -2.06. The molecule has 1 fully saturated rings. The summed E-state index contributed by atoms with van der Waals surface area (Å²) >= 11 is 10.8. The van der Waals surface area contributed by atoms with Gasteiger partial charge in [-0.2, -0.15) is 0 Å². The summed E-state index contributed by atoms with van der Waals surface area (Å²) in [6.45, 7) is 5.77. The second kappa shape index (κ2) is 37.6. The Morgan fingerprint density at radius 1 is 0.639 bits per heavy atom. The molecule has 0 spiro atoms. The van der Waals surface area contributed by atoms with Crippen LogP contribution in [-0.2, 0) is 4.74 Å². The molecular weight excluding hydrogens is 491 g/mol. The number of unbranched alkanes of at least 4 members (excludes halogenated alkanes) is 19. The predicted octanol–water partition coefficient (Wildman–Crippen LogP) is 10.4. The highest BCUT2D eigenvalue weighted by molar-refractivity contribution is 6.18. The fourth-order valence-corrected chi connectivity index (χ4v) is 4.21. The van der Waals surface area contributed by atoms with Crippen molar-refractivity contribution < 1.29 is 14.9 Å². The fourth-order valence-electron chi connectivity index (χ4n) is 3.88. The number of alkyl halides is 2. The Morgan fingerprint density at radius 2 is 0.972 bits per heavy atom. The van der Waals surface area contributed by atoms with Crippen LogP contribution in [0.4, 0.5) is 0 Å². The lowest BCUT2D eigenvalue weighted by molar-refractivity contribution is 0.183. The van der Waals surface area contributed by atoms with Crippen LogP contribution < -0.4 is 0 Å². The van der Waals surface area contributed by atoms with E-state index in [1.807, 2.05) is 0 Å². The van der Waals surface area contributed by atoms with Crippen molar-refractivity contribution >= 4 is 23.2 Å². The second-order valence-corrected chi connectivity index (χ2v) is 10.8. The van der Waals surface area contributed by atoms with Crippen molar-refractivity contribution in [2.45, 2.75) is 175 Å². The van der Waals surface area contributed by atoms with Gasteiger partial charge in [0.25, 0.3) is 0 Å². The molecule has 0 bridgehead atoms. The van der Waals surface area contributed by atoms with Gasteiger partial charge in [0.1, 0.15) is 0 Å². The largest absolute Gasteiger partial charge is 0.396 e. The van der Waals surface area contributed by atoms with Crippen LogP contribution in [0.1, 0.15) is 163 Å². The summed E-state index contributed by atoms with van der Waals surface area (Å²) < 4.78 is 4.73. The molecule has 2 atom stereocenters. The van der Waals surface area contributed by atoms with Crippen molar-refractivity contribution in [1.82, 2.24) is 0 Å². The Kier molecular flexibility index (Phi) is 42.8. The molecule has 0 aromatic carbocycles. The zero-order chi connectivity index (χ0) is 26.2. The zero-order valence-electron chi connectivity index (χ0n) is 23.6.